The van der Waals surface area contributed by atoms with E-state index in [0.717, 1.165) is 25.7 Å². The average Bonchev–Trinajstić information content (AvgIpc) is 2.29. The van der Waals surface area contributed by atoms with Gasteiger partial charge in [0.15, 0.2) is 0 Å². The predicted octanol–water partition coefficient (Wildman–Crippen LogP) is 3.56. The Morgan fingerprint density at radius 3 is 2.22 bits per heavy atom. The van der Waals surface area contributed by atoms with E-state index >= 15 is 0 Å². The van der Waals surface area contributed by atoms with Gasteiger partial charge in [-0.15, -0.1) is 0 Å². The van der Waals surface area contributed by atoms with Crippen LogP contribution in [0.1, 0.15) is 60.3 Å². The molecule has 0 fully saturated rings. The fraction of sp³-hybridized carbons (Fsp3) is 0.714. The Morgan fingerprint density at radius 2 is 1.72 bits per heavy atom. The summed E-state index contributed by atoms with van der Waals surface area (Å²) in [4.78, 5) is 31.8. The topological polar surface area (TPSA) is 52.6 Å². The fourth-order valence-corrected chi connectivity index (χ4v) is 1.06. The Kier molecular flexibility index (Phi) is 7.32. The smallest absolute Gasteiger partial charge is 0.247 e. The van der Waals surface area contributed by atoms with Gasteiger partial charge in [-0.25, -0.2) is 19.4 Å². The summed E-state index contributed by atoms with van der Waals surface area (Å²) < 4.78 is 0. The third kappa shape index (κ3) is 7.09. The van der Waals surface area contributed by atoms with Gasteiger partial charge in [-0.3, -0.25) is 0 Å². The molecule has 18 heavy (non-hydrogen) atoms. The van der Waals surface area contributed by atoms with E-state index in [2.05, 4.69) is 16.7 Å². The van der Waals surface area contributed by atoms with E-state index in [4.69, 9.17) is 0 Å². The lowest BCUT2D eigenvalue weighted by atomic mass is 9.98. The van der Waals surface area contributed by atoms with Crippen LogP contribution in [0, 0.1) is 5.41 Å². The Hall–Kier alpha value is -1.32. The van der Waals surface area contributed by atoms with Crippen molar-refractivity contribution in [2.45, 2.75) is 60.3 Å². The molecule has 0 aliphatic carbocycles. The molecule has 0 atom stereocenters. The summed E-state index contributed by atoms with van der Waals surface area (Å²) in [6.07, 6.45) is 5.96. The van der Waals surface area contributed by atoms with Gasteiger partial charge in [-0.05, 0) is 40.5 Å². The number of allylic oxidation sites excluding steroid dienone is 1. The number of carbonyl (C=O) groups excluding carboxylic acids is 2. The second kappa shape index (κ2) is 7.90. The number of unbranched alkanes of at least 4 members (excludes halogenated alkanes) is 3. The van der Waals surface area contributed by atoms with Gasteiger partial charge in [0, 0.05) is 5.57 Å². The van der Waals surface area contributed by atoms with Gasteiger partial charge in [0.2, 0.25) is 0 Å². The highest BCUT2D eigenvalue weighted by Gasteiger charge is 2.25. The van der Waals surface area contributed by atoms with Gasteiger partial charge in [0.05, 0.1) is 5.41 Å². The molecule has 0 spiro atoms. The molecule has 0 unspecified atom stereocenters. The first-order valence-corrected chi connectivity index (χ1v) is 6.39. The van der Waals surface area contributed by atoms with E-state index in [1.807, 2.05) is 6.08 Å². The number of carbonyl (C=O) groups is 2. The summed E-state index contributed by atoms with van der Waals surface area (Å²) >= 11 is 0. The van der Waals surface area contributed by atoms with E-state index in [0.29, 0.717) is 5.57 Å². The molecule has 0 aliphatic rings. The van der Waals surface area contributed by atoms with E-state index in [1.165, 1.54) is 0 Å². The highest BCUT2D eigenvalue weighted by atomic mass is 17.2. The lowest BCUT2D eigenvalue weighted by Crippen LogP contribution is -2.24. The largest absolute Gasteiger partial charge is 0.381 e. The molecule has 104 valence electrons. The SMILES string of the molecule is CCCCCC=C(C)C(=O)OOC(=O)C(C)(C)C. The zero-order valence-electron chi connectivity index (χ0n) is 12.0. The molecule has 0 amide bonds. The summed E-state index contributed by atoms with van der Waals surface area (Å²) in [5.74, 6) is -1.17. The van der Waals surface area contributed by atoms with Crippen molar-refractivity contribution in [2.75, 3.05) is 0 Å². The van der Waals surface area contributed by atoms with Gasteiger partial charge in [0.1, 0.15) is 0 Å². The molecule has 0 saturated carbocycles. The molecule has 0 aromatic carbocycles. The highest BCUT2D eigenvalue weighted by Crippen LogP contribution is 2.15. The van der Waals surface area contributed by atoms with Crippen molar-refractivity contribution in [3.8, 4) is 0 Å². The zero-order valence-corrected chi connectivity index (χ0v) is 12.0. The summed E-state index contributed by atoms with van der Waals surface area (Å²) in [7, 11) is 0. The van der Waals surface area contributed by atoms with Crippen LogP contribution in [0.4, 0.5) is 0 Å². The zero-order chi connectivity index (χ0) is 14.2. The van der Waals surface area contributed by atoms with Crippen LogP contribution in [0.5, 0.6) is 0 Å². The predicted molar refractivity (Wildman–Crippen MR) is 69.5 cm³/mol. The molecule has 0 rings (SSSR count). The van der Waals surface area contributed by atoms with Crippen molar-refractivity contribution in [1.29, 1.82) is 0 Å². The maximum Gasteiger partial charge on any atom is 0.381 e. The summed E-state index contributed by atoms with van der Waals surface area (Å²) in [5, 5.41) is 0. The summed E-state index contributed by atoms with van der Waals surface area (Å²) in [5.41, 5.74) is -0.216. The van der Waals surface area contributed by atoms with Crippen molar-refractivity contribution in [3.05, 3.63) is 11.6 Å². The third-order valence-corrected chi connectivity index (χ3v) is 2.39. The van der Waals surface area contributed by atoms with Crippen LogP contribution in [0.3, 0.4) is 0 Å². The first-order valence-electron chi connectivity index (χ1n) is 6.39. The maximum atomic E-state index is 11.5. The van der Waals surface area contributed by atoms with Crippen LogP contribution >= 0.6 is 0 Å². The lowest BCUT2D eigenvalue weighted by Gasteiger charge is -2.14. The Labute approximate surface area is 109 Å². The number of hydrogen-bond acceptors (Lipinski definition) is 4. The molecule has 0 N–H and O–H groups in total. The lowest BCUT2D eigenvalue weighted by molar-refractivity contribution is -0.261. The first-order chi connectivity index (χ1) is 8.29. The Bertz CT molecular complexity index is 310. The summed E-state index contributed by atoms with van der Waals surface area (Å²) in [6.45, 7) is 8.85. The van der Waals surface area contributed by atoms with Crippen molar-refractivity contribution in [2.24, 2.45) is 5.41 Å². The molecule has 0 aliphatic heterocycles. The monoisotopic (exact) mass is 256 g/mol. The molecule has 0 aromatic rings. The molecular formula is C14H24O4. The molecular weight excluding hydrogens is 232 g/mol. The Balaban J connectivity index is 4.05. The van der Waals surface area contributed by atoms with Crippen molar-refractivity contribution < 1.29 is 19.4 Å². The van der Waals surface area contributed by atoms with Crippen LogP contribution < -0.4 is 0 Å². The van der Waals surface area contributed by atoms with Crippen LogP contribution in [-0.2, 0) is 19.4 Å². The molecule has 4 heteroatoms. The van der Waals surface area contributed by atoms with E-state index in [-0.39, 0.29) is 0 Å². The fourth-order valence-electron chi connectivity index (χ4n) is 1.06. The number of rotatable bonds is 5. The van der Waals surface area contributed by atoms with Crippen molar-refractivity contribution in [1.82, 2.24) is 0 Å². The summed E-state index contributed by atoms with van der Waals surface area (Å²) in [6, 6.07) is 0. The second-order valence-electron chi connectivity index (χ2n) is 5.37. The van der Waals surface area contributed by atoms with E-state index in [9.17, 15) is 9.59 Å². The van der Waals surface area contributed by atoms with Gasteiger partial charge in [-0.1, -0.05) is 25.8 Å². The van der Waals surface area contributed by atoms with Crippen LogP contribution in [0.2, 0.25) is 0 Å². The maximum absolute atomic E-state index is 11.5. The third-order valence-electron chi connectivity index (χ3n) is 2.39. The minimum Gasteiger partial charge on any atom is -0.247 e. The van der Waals surface area contributed by atoms with Crippen molar-refractivity contribution >= 4 is 11.9 Å². The molecule has 0 saturated heterocycles. The highest BCUT2D eigenvalue weighted by molar-refractivity contribution is 5.88. The Morgan fingerprint density at radius 1 is 1.11 bits per heavy atom. The molecule has 4 nitrogen and oxygen atoms in total. The second-order valence-corrected chi connectivity index (χ2v) is 5.37. The minimum atomic E-state index is -0.682. The molecule has 0 bridgehead atoms. The standard InChI is InChI=1S/C14H24O4/c1-6-7-8-9-10-11(2)12(15)17-18-13(16)14(3,4)5/h10H,6-9H2,1-5H3. The van der Waals surface area contributed by atoms with E-state index < -0.39 is 17.4 Å². The molecule has 0 aromatic heterocycles. The first kappa shape index (κ1) is 16.7. The number of hydrogen-bond donors (Lipinski definition) is 0. The van der Waals surface area contributed by atoms with Gasteiger partial charge < -0.3 is 0 Å². The van der Waals surface area contributed by atoms with Crippen LogP contribution in [-0.4, -0.2) is 11.9 Å². The van der Waals surface area contributed by atoms with Crippen molar-refractivity contribution in [3.63, 3.8) is 0 Å². The van der Waals surface area contributed by atoms with Gasteiger partial charge >= 0.3 is 11.9 Å². The van der Waals surface area contributed by atoms with Gasteiger partial charge in [-0.2, -0.15) is 0 Å². The molecule has 0 radical (unpaired) electrons. The van der Waals surface area contributed by atoms with E-state index in [1.54, 1.807) is 27.7 Å². The molecule has 0 heterocycles. The average molecular weight is 256 g/mol. The minimum absolute atomic E-state index is 0.466. The quantitative estimate of drug-likeness (QED) is 0.326. The normalized spacial score (nSPS) is 12.2. The van der Waals surface area contributed by atoms with Crippen LogP contribution in [0.25, 0.3) is 0 Å². The van der Waals surface area contributed by atoms with Crippen LogP contribution in [0.15, 0.2) is 11.6 Å². The van der Waals surface area contributed by atoms with Gasteiger partial charge in [0.25, 0.3) is 0 Å².